The number of likely N-dealkylation sites (N-methyl/N-ethyl adjacent to an activating group) is 1. The number of anilines is 1. The van der Waals surface area contributed by atoms with E-state index >= 15 is 0 Å². The molecular formula is C15H19N3O2S. The summed E-state index contributed by atoms with van der Waals surface area (Å²) in [7, 11) is 1.63. The van der Waals surface area contributed by atoms with E-state index < -0.39 is 6.10 Å². The molecule has 1 N–H and O–H groups in total. The summed E-state index contributed by atoms with van der Waals surface area (Å²) >= 11 is 1.68. The van der Waals surface area contributed by atoms with Gasteiger partial charge in [0.1, 0.15) is 0 Å². The quantitative estimate of drug-likeness (QED) is 0.939. The van der Waals surface area contributed by atoms with Gasteiger partial charge in [-0.3, -0.25) is 4.79 Å². The van der Waals surface area contributed by atoms with E-state index in [9.17, 15) is 4.79 Å². The van der Waals surface area contributed by atoms with Gasteiger partial charge in [0, 0.05) is 13.6 Å². The number of carbonyl (C=O) groups excluding carboxylic acids is 1. The maximum atomic E-state index is 11.7. The predicted molar refractivity (Wildman–Crippen MR) is 85.0 cm³/mol. The second-order valence-electron chi connectivity index (χ2n) is 5.03. The molecule has 1 fully saturated rings. The van der Waals surface area contributed by atoms with Crippen LogP contribution in [0.2, 0.25) is 0 Å². The number of thiazole rings is 1. The van der Waals surface area contributed by atoms with E-state index in [4.69, 9.17) is 9.72 Å². The first-order valence-corrected chi connectivity index (χ1v) is 8.01. The van der Waals surface area contributed by atoms with Crippen molar-refractivity contribution in [3.05, 3.63) is 23.8 Å². The lowest BCUT2D eigenvalue weighted by Crippen LogP contribution is -2.49. The molecule has 0 bridgehead atoms. The van der Waals surface area contributed by atoms with Gasteiger partial charge in [0.15, 0.2) is 11.2 Å². The zero-order valence-corrected chi connectivity index (χ0v) is 13.1. The lowest BCUT2D eigenvalue weighted by atomic mass is 10.1. The van der Waals surface area contributed by atoms with Gasteiger partial charge in [0.05, 0.1) is 23.4 Å². The number of carbonyl (C=O) groups is 1. The molecule has 2 aromatic rings. The van der Waals surface area contributed by atoms with Crippen LogP contribution in [0.15, 0.2) is 18.2 Å². The third-order valence-electron chi connectivity index (χ3n) is 3.75. The molecule has 5 nitrogen and oxygen atoms in total. The summed E-state index contributed by atoms with van der Waals surface area (Å²) in [6, 6.07) is 6.31. The van der Waals surface area contributed by atoms with Crippen molar-refractivity contribution < 1.29 is 9.53 Å². The second kappa shape index (κ2) is 5.99. The highest BCUT2D eigenvalue weighted by atomic mass is 32.1. The van der Waals surface area contributed by atoms with Gasteiger partial charge in [-0.15, -0.1) is 0 Å². The number of ether oxygens (including phenoxy) is 1. The van der Waals surface area contributed by atoms with Crippen LogP contribution in [0.3, 0.4) is 0 Å². The molecule has 21 heavy (non-hydrogen) atoms. The average molecular weight is 305 g/mol. The molecule has 2 heterocycles. The van der Waals surface area contributed by atoms with E-state index in [2.05, 4.69) is 35.3 Å². The lowest BCUT2D eigenvalue weighted by molar-refractivity contribution is -0.132. The lowest BCUT2D eigenvalue weighted by Gasteiger charge is -2.31. The average Bonchev–Trinajstić information content (AvgIpc) is 2.98. The van der Waals surface area contributed by atoms with Crippen LogP contribution >= 0.6 is 11.3 Å². The summed E-state index contributed by atoms with van der Waals surface area (Å²) in [5.74, 6) is -0.0740. The number of morpholine rings is 1. The Labute approximate surface area is 127 Å². The minimum atomic E-state index is -0.415. The third kappa shape index (κ3) is 2.73. The SMILES string of the molecule is CCc1cccc2sc(N3CCOC(C(=O)NC)C3)nc12. The number of hydrogen-bond donors (Lipinski definition) is 1. The van der Waals surface area contributed by atoms with Crippen molar-refractivity contribution in [1.29, 1.82) is 0 Å². The van der Waals surface area contributed by atoms with Crippen LogP contribution in [0.5, 0.6) is 0 Å². The van der Waals surface area contributed by atoms with Crippen LogP contribution in [0.1, 0.15) is 12.5 Å². The molecule has 112 valence electrons. The van der Waals surface area contributed by atoms with Crippen molar-refractivity contribution in [2.24, 2.45) is 0 Å². The van der Waals surface area contributed by atoms with Crippen LogP contribution in [0, 0.1) is 0 Å². The largest absolute Gasteiger partial charge is 0.365 e. The number of aromatic nitrogens is 1. The Hall–Kier alpha value is -1.66. The molecule has 6 heteroatoms. The van der Waals surface area contributed by atoms with E-state index in [0.717, 1.165) is 23.6 Å². The first kappa shape index (κ1) is 14.3. The number of fused-ring (bicyclic) bond motifs is 1. The molecule has 1 amide bonds. The summed E-state index contributed by atoms with van der Waals surface area (Å²) in [5.41, 5.74) is 2.36. The molecule has 0 radical (unpaired) electrons. The van der Waals surface area contributed by atoms with Gasteiger partial charge in [-0.05, 0) is 18.1 Å². The van der Waals surface area contributed by atoms with Crippen LogP contribution in [0.25, 0.3) is 10.2 Å². The minimum absolute atomic E-state index is 0.0740. The maximum absolute atomic E-state index is 11.7. The third-order valence-corrected chi connectivity index (χ3v) is 4.83. The molecule has 0 saturated carbocycles. The predicted octanol–water partition coefficient (Wildman–Crippen LogP) is 1.81. The Morgan fingerprint density at radius 1 is 1.57 bits per heavy atom. The van der Waals surface area contributed by atoms with Crippen molar-refractivity contribution in [2.45, 2.75) is 19.4 Å². The molecule has 1 saturated heterocycles. The Morgan fingerprint density at radius 3 is 3.19 bits per heavy atom. The van der Waals surface area contributed by atoms with Crippen molar-refractivity contribution in [3.8, 4) is 0 Å². The summed E-state index contributed by atoms with van der Waals surface area (Å²) in [5, 5.41) is 3.62. The minimum Gasteiger partial charge on any atom is -0.365 e. The Morgan fingerprint density at radius 2 is 2.43 bits per heavy atom. The van der Waals surface area contributed by atoms with Gasteiger partial charge in [-0.1, -0.05) is 30.4 Å². The van der Waals surface area contributed by atoms with Crippen molar-refractivity contribution in [1.82, 2.24) is 10.3 Å². The smallest absolute Gasteiger partial charge is 0.250 e. The number of amides is 1. The second-order valence-corrected chi connectivity index (χ2v) is 6.04. The van der Waals surface area contributed by atoms with Crippen LogP contribution in [0.4, 0.5) is 5.13 Å². The van der Waals surface area contributed by atoms with E-state index in [1.54, 1.807) is 18.4 Å². The zero-order chi connectivity index (χ0) is 14.8. The summed E-state index contributed by atoms with van der Waals surface area (Å²) in [6.07, 6.45) is 0.561. The molecule has 1 atom stereocenters. The molecule has 0 aliphatic carbocycles. The van der Waals surface area contributed by atoms with Crippen molar-refractivity contribution in [2.75, 3.05) is 31.6 Å². The van der Waals surface area contributed by atoms with Gasteiger partial charge < -0.3 is 15.0 Å². The van der Waals surface area contributed by atoms with Gasteiger partial charge in [-0.25, -0.2) is 4.98 Å². The maximum Gasteiger partial charge on any atom is 0.250 e. The fourth-order valence-electron chi connectivity index (χ4n) is 2.56. The van der Waals surface area contributed by atoms with Gasteiger partial charge in [0.25, 0.3) is 5.91 Å². The van der Waals surface area contributed by atoms with E-state index in [0.29, 0.717) is 13.2 Å². The van der Waals surface area contributed by atoms with E-state index in [1.807, 2.05) is 0 Å². The summed E-state index contributed by atoms with van der Waals surface area (Å²) < 4.78 is 6.73. The Kier molecular flexibility index (Phi) is 4.07. The van der Waals surface area contributed by atoms with E-state index in [-0.39, 0.29) is 5.91 Å². The number of hydrogen-bond acceptors (Lipinski definition) is 5. The molecule has 3 rings (SSSR count). The van der Waals surface area contributed by atoms with Gasteiger partial charge in [0.2, 0.25) is 0 Å². The van der Waals surface area contributed by atoms with Crippen LogP contribution in [-0.2, 0) is 16.0 Å². The molecule has 1 unspecified atom stereocenters. The topological polar surface area (TPSA) is 54.5 Å². The van der Waals surface area contributed by atoms with Crippen molar-refractivity contribution in [3.63, 3.8) is 0 Å². The molecule has 1 aliphatic rings. The number of aryl methyl sites for hydroxylation is 1. The molecule has 1 aromatic carbocycles. The molecule has 0 spiro atoms. The standard InChI is InChI=1S/C15H19N3O2S/c1-3-10-5-4-6-12-13(10)17-15(21-12)18-7-8-20-11(9-18)14(19)16-2/h4-6,11H,3,7-9H2,1-2H3,(H,16,19). The highest BCUT2D eigenvalue weighted by molar-refractivity contribution is 7.22. The normalized spacial score (nSPS) is 19.0. The van der Waals surface area contributed by atoms with Gasteiger partial charge >= 0.3 is 0 Å². The fourth-order valence-corrected chi connectivity index (χ4v) is 3.61. The highest BCUT2D eigenvalue weighted by Crippen LogP contribution is 2.31. The fraction of sp³-hybridized carbons (Fsp3) is 0.467. The summed E-state index contributed by atoms with van der Waals surface area (Å²) in [4.78, 5) is 18.7. The Bertz CT molecular complexity index is 655. The molecule has 1 aromatic heterocycles. The number of benzene rings is 1. The van der Waals surface area contributed by atoms with Crippen LogP contribution < -0.4 is 10.2 Å². The molecular weight excluding hydrogens is 286 g/mol. The first-order valence-electron chi connectivity index (χ1n) is 7.19. The first-order chi connectivity index (χ1) is 10.2. The zero-order valence-electron chi connectivity index (χ0n) is 12.3. The Balaban J connectivity index is 1.88. The number of para-hydroxylation sites is 1. The van der Waals surface area contributed by atoms with Crippen LogP contribution in [-0.4, -0.2) is 43.7 Å². The van der Waals surface area contributed by atoms with E-state index in [1.165, 1.54) is 10.3 Å². The summed E-state index contributed by atoms with van der Waals surface area (Å²) in [6.45, 7) is 4.02. The molecule has 1 aliphatic heterocycles. The number of nitrogens with one attached hydrogen (secondary N) is 1. The number of rotatable bonds is 3. The van der Waals surface area contributed by atoms with Crippen molar-refractivity contribution >= 4 is 32.6 Å². The highest BCUT2D eigenvalue weighted by Gasteiger charge is 2.27. The monoisotopic (exact) mass is 305 g/mol. The van der Waals surface area contributed by atoms with Gasteiger partial charge in [-0.2, -0.15) is 0 Å². The number of nitrogens with zero attached hydrogens (tertiary/aromatic N) is 2.